The van der Waals surface area contributed by atoms with Gasteiger partial charge in [0.1, 0.15) is 0 Å². The molecule has 28 heavy (non-hydrogen) atoms. The van der Waals surface area contributed by atoms with E-state index in [1.54, 1.807) is 36.4 Å². The van der Waals surface area contributed by atoms with Crippen LogP contribution in [0.3, 0.4) is 0 Å². The number of hydrogen-bond acceptors (Lipinski definition) is 6. The molecule has 150 valence electrons. The maximum Gasteiger partial charge on any atom is 0.251 e. The van der Waals surface area contributed by atoms with Gasteiger partial charge in [0.25, 0.3) is 5.91 Å². The predicted octanol–water partition coefficient (Wildman–Crippen LogP) is 3.07. The number of carbonyl (C=O) groups is 1. The van der Waals surface area contributed by atoms with Crippen molar-refractivity contribution in [3.8, 4) is 23.0 Å². The van der Waals surface area contributed by atoms with Gasteiger partial charge in [0.2, 0.25) is 6.79 Å². The van der Waals surface area contributed by atoms with E-state index in [9.17, 15) is 9.90 Å². The SMILES string of the molecule is CCOc1ccc(C(=O)NCCC(O)c2ccc3c(c2)OCO3)cc1OCC. The monoisotopic (exact) mass is 387 g/mol. The van der Waals surface area contributed by atoms with Gasteiger partial charge in [-0.3, -0.25) is 4.79 Å². The van der Waals surface area contributed by atoms with Crippen LogP contribution in [-0.4, -0.2) is 37.6 Å². The quantitative estimate of drug-likeness (QED) is 0.688. The van der Waals surface area contributed by atoms with Crippen molar-refractivity contribution in [3.63, 3.8) is 0 Å². The van der Waals surface area contributed by atoms with Crippen molar-refractivity contribution in [2.75, 3.05) is 26.6 Å². The van der Waals surface area contributed by atoms with Crippen molar-refractivity contribution < 1.29 is 28.8 Å². The van der Waals surface area contributed by atoms with E-state index in [1.807, 2.05) is 13.8 Å². The highest BCUT2D eigenvalue weighted by Gasteiger charge is 2.17. The van der Waals surface area contributed by atoms with Gasteiger partial charge in [0.15, 0.2) is 23.0 Å². The lowest BCUT2D eigenvalue weighted by Gasteiger charge is -2.14. The van der Waals surface area contributed by atoms with Crippen LogP contribution in [0.15, 0.2) is 36.4 Å². The fraction of sp³-hybridized carbons (Fsp3) is 0.381. The van der Waals surface area contributed by atoms with E-state index in [4.69, 9.17) is 18.9 Å². The van der Waals surface area contributed by atoms with Gasteiger partial charge >= 0.3 is 0 Å². The number of ether oxygens (including phenoxy) is 4. The molecule has 0 aromatic heterocycles. The molecule has 1 heterocycles. The molecule has 0 bridgehead atoms. The number of aliphatic hydroxyl groups is 1. The molecule has 0 saturated heterocycles. The van der Waals surface area contributed by atoms with Gasteiger partial charge in [0.05, 0.1) is 19.3 Å². The summed E-state index contributed by atoms with van der Waals surface area (Å²) in [5.41, 5.74) is 1.20. The third kappa shape index (κ3) is 4.67. The topological polar surface area (TPSA) is 86.3 Å². The van der Waals surface area contributed by atoms with Crippen LogP contribution < -0.4 is 24.3 Å². The van der Waals surface area contributed by atoms with Crippen molar-refractivity contribution >= 4 is 5.91 Å². The maximum atomic E-state index is 12.4. The van der Waals surface area contributed by atoms with Crippen molar-refractivity contribution in [1.29, 1.82) is 0 Å². The fourth-order valence-electron chi connectivity index (χ4n) is 2.90. The Kier molecular flexibility index (Phi) is 6.60. The Morgan fingerprint density at radius 2 is 1.82 bits per heavy atom. The Morgan fingerprint density at radius 1 is 1.07 bits per heavy atom. The van der Waals surface area contributed by atoms with Crippen molar-refractivity contribution in [3.05, 3.63) is 47.5 Å². The molecule has 3 rings (SSSR count). The summed E-state index contributed by atoms with van der Waals surface area (Å²) in [6.45, 7) is 5.28. The maximum absolute atomic E-state index is 12.4. The van der Waals surface area contributed by atoms with Gasteiger partial charge in [0, 0.05) is 12.1 Å². The van der Waals surface area contributed by atoms with E-state index in [1.165, 1.54) is 0 Å². The molecule has 0 fully saturated rings. The molecule has 7 nitrogen and oxygen atoms in total. The van der Waals surface area contributed by atoms with E-state index >= 15 is 0 Å². The number of nitrogens with one attached hydrogen (secondary N) is 1. The number of hydrogen-bond donors (Lipinski definition) is 2. The standard InChI is InChI=1S/C21H25NO6/c1-3-25-17-8-6-15(12-19(17)26-4-2)21(24)22-10-9-16(23)14-5-7-18-20(11-14)28-13-27-18/h5-8,11-12,16,23H,3-4,9-10,13H2,1-2H3,(H,22,24). The Hall–Kier alpha value is -2.93. The van der Waals surface area contributed by atoms with Crippen molar-refractivity contribution in [2.45, 2.75) is 26.4 Å². The molecule has 0 radical (unpaired) electrons. The number of fused-ring (bicyclic) bond motifs is 1. The first-order chi connectivity index (χ1) is 13.6. The normalized spacial score (nSPS) is 13.1. The zero-order valence-corrected chi connectivity index (χ0v) is 16.1. The molecule has 1 amide bonds. The summed E-state index contributed by atoms with van der Waals surface area (Å²) in [5, 5.41) is 13.2. The third-order valence-electron chi connectivity index (χ3n) is 4.29. The molecular formula is C21H25NO6. The molecule has 1 aliphatic heterocycles. The van der Waals surface area contributed by atoms with E-state index in [2.05, 4.69) is 5.32 Å². The van der Waals surface area contributed by atoms with Crippen LogP contribution in [-0.2, 0) is 0 Å². The second kappa shape index (κ2) is 9.32. The second-order valence-electron chi connectivity index (χ2n) is 6.20. The lowest BCUT2D eigenvalue weighted by atomic mass is 10.1. The molecule has 1 aliphatic rings. The molecule has 1 unspecified atom stereocenters. The number of aliphatic hydroxyl groups excluding tert-OH is 1. The van der Waals surface area contributed by atoms with Crippen LogP contribution >= 0.6 is 0 Å². The number of rotatable bonds is 9. The summed E-state index contributed by atoms with van der Waals surface area (Å²) in [6, 6.07) is 10.4. The number of amides is 1. The molecule has 7 heteroatoms. The van der Waals surface area contributed by atoms with E-state index < -0.39 is 6.10 Å². The highest BCUT2D eigenvalue weighted by molar-refractivity contribution is 5.94. The molecule has 2 N–H and O–H groups in total. The Labute approximate surface area is 164 Å². The number of carbonyl (C=O) groups excluding carboxylic acids is 1. The zero-order chi connectivity index (χ0) is 19.9. The minimum Gasteiger partial charge on any atom is -0.490 e. The van der Waals surface area contributed by atoms with Gasteiger partial charge < -0.3 is 29.4 Å². The van der Waals surface area contributed by atoms with Gasteiger partial charge in [-0.25, -0.2) is 0 Å². The minimum atomic E-state index is -0.714. The molecule has 2 aromatic carbocycles. The van der Waals surface area contributed by atoms with Gasteiger partial charge in [-0.2, -0.15) is 0 Å². The van der Waals surface area contributed by atoms with E-state index in [0.717, 1.165) is 5.56 Å². The fourth-order valence-corrected chi connectivity index (χ4v) is 2.90. The summed E-state index contributed by atoms with van der Waals surface area (Å²) < 4.78 is 21.6. The first kappa shape index (κ1) is 19.8. The van der Waals surface area contributed by atoms with Crippen LogP contribution in [0, 0.1) is 0 Å². The molecule has 0 spiro atoms. The summed E-state index contributed by atoms with van der Waals surface area (Å²) in [7, 11) is 0. The van der Waals surface area contributed by atoms with E-state index in [-0.39, 0.29) is 12.7 Å². The summed E-state index contributed by atoms with van der Waals surface area (Å²) in [4.78, 5) is 12.4. The van der Waals surface area contributed by atoms with Crippen LogP contribution in [0.4, 0.5) is 0 Å². The summed E-state index contributed by atoms with van der Waals surface area (Å²) in [5.74, 6) is 2.21. The average Bonchev–Trinajstić information content (AvgIpc) is 3.17. The minimum absolute atomic E-state index is 0.191. The van der Waals surface area contributed by atoms with Gasteiger partial charge in [-0.1, -0.05) is 6.07 Å². The highest BCUT2D eigenvalue weighted by Crippen LogP contribution is 2.34. The predicted molar refractivity (Wildman–Crippen MR) is 103 cm³/mol. The van der Waals surface area contributed by atoms with Crippen LogP contribution in [0.25, 0.3) is 0 Å². The van der Waals surface area contributed by atoms with Gasteiger partial charge in [-0.05, 0) is 56.2 Å². The average molecular weight is 387 g/mol. The second-order valence-corrected chi connectivity index (χ2v) is 6.20. The first-order valence-corrected chi connectivity index (χ1v) is 9.37. The van der Waals surface area contributed by atoms with Gasteiger partial charge in [-0.15, -0.1) is 0 Å². The largest absolute Gasteiger partial charge is 0.490 e. The lowest BCUT2D eigenvalue weighted by molar-refractivity contribution is 0.0942. The summed E-state index contributed by atoms with van der Waals surface area (Å²) >= 11 is 0. The lowest BCUT2D eigenvalue weighted by Crippen LogP contribution is -2.25. The highest BCUT2D eigenvalue weighted by atomic mass is 16.7. The Morgan fingerprint density at radius 3 is 2.61 bits per heavy atom. The molecule has 0 aliphatic carbocycles. The van der Waals surface area contributed by atoms with Crippen LogP contribution in [0.5, 0.6) is 23.0 Å². The van der Waals surface area contributed by atoms with E-state index in [0.29, 0.717) is 54.7 Å². The third-order valence-corrected chi connectivity index (χ3v) is 4.29. The van der Waals surface area contributed by atoms with Crippen molar-refractivity contribution in [2.24, 2.45) is 0 Å². The molecule has 2 aromatic rings. The first-order valence-electron chi connectivity index (χ1n) is 9.37. The Balaban J connectivity index is 1.55. The number of benzene rings is 2. The van der Waals surface area contributed by atoms with Crippen LogP contribution in [0.2, 0.25) is 0 Å². The molecule has 1 atom stereocenters. The zero-order valence-electron chi connectivity index (χ0n) is 16.1. The van der Waals surface area contributed by atoms with Crippen LogP contribution in [0.1, 0.15) is 42.3 Å². The molecular weight excluding hydrogens is 362 g/mol. The summed E-state index contributed by atoms with van der Waals surface area (Å²) in [6.07, 6.45) is -0.338. The molecule has 0 saturated carbocycles. The smallest absolute Gasteiger partial charge is 0.251 e. The Bertz CT molecular complexity index is 823. The van der Waals surface area contributed by atoms with Crippen molar-refractivity contribution in [1.82, 2.24) is 5.32 Å².